The molecule has 0 amide bonds. The summed E-state index contributed by atoms with van der Waals surface area (Å²) in [5, 5.41) is 10.8. The number of aromatic hydroxyl groups is 1. The second-order valence-corrected chi connectivity index (χ2v) is 9.65. The summed E-state index contributed by atoms with van der Waals surface area (Å²) in [5.74, 6) is 0.919. The van der Waals surface area contributed by atoms with E-state index in [9.17, 15) is 9.67 Å². The van der Waals surface area contributed by atoms with Gasteiger partial charge in [0.2, 0.25) is 13.2 Å². The second kappa shape index (κ2) is 6.98. The van der Waals surface area contributed by atoms with Crippen molar-refractivity contribution in [3.8, 4) is 11.6 Å². The topological polar surface area (TPSA) is 97.3 Å². The Bertz CT molecular complexity index is 1000. The van der Waals surface area contributed by atoms with Crippen molar-refractivity contribution in [3.05, 3.63) is 48.0 Å². The Morgan fingerprint density at radius 3 is 2.96 bits per heavy atom. The fourth-order valence-corrected chi connectivity index (χ4v) is 6.12. The van der Waals surface area contributed by atoms with Crippen LogP contribution in [0.5, 0.6) is 11.6 Å². The number of aryl methyl sites for hydroxylation is 1. The number of fused-ring (bicyclic) bond motifs is 1. The van der Waals surface area contributed by atoms with Gasteiger partial charge in [0.1, 0.15) is 23.8 Å². The molecule has 0 spiro atoms. The summed E-state index contributed by atoms with van der Waals surface area (Å²) < 4.78 is 25.1. The second-order valence-electron chi connectivity index (χ2n) is 6.92. The van der Waals surface area contributed by atoms with Crippen molar-refractivity contribution in [2.75, 3.05) is 12.8 Å². The third kappa shape index (κ3) is 3.57. The maximum absolute atomic E-state index is 13.4. The van der Waals surface area contributed by atoms with Crippen LogP contribution in [0, 0.1) is 6.92 Å². The van der Waals surface area contributed by atoms with Crippen molar-refractivity contribution in [1.29, 1.82) is 0 Å². The lowest BCUT2D eigenvalue weighted by molar-refractivity contribution is 0.238. The summed E-state index contributed by atoms with van der Waals surface area (Å²) in [6.07, 6.45) is 2.79. The van der Waals surface area contributed by atoms with Gasteiger partial charge in [0.15, 0.2) is 0 Å². The number of pyridine rings is 1. The van der Waals surface area contributed by atoms with Gasteiger partial charge in [-0.25, -0.2) is 0 Å². The van der Waals surface area contributed by atoms with Crippen LogP contribution in [-0.4, -0.2) is 38.9 Å². The molecule has 0 radical (unpaired) electrons. The number of ether oxygens (including phenoxy) is 1. The smallest absolute Gasteiger partial charge is 0.232 e. The molecule has 0 bridgehead atoms. The molecule has 3 atom stereocenters. The average Bonchev–Trinajstić information content (AvgIpc) is 3.17. The lowest BCUT2D eigenvalue weighted by atomic mass is 10.2. The predicted molar refractivity (Wildman–Crippen MR) is 103 cm³/mol. The molecule has 1 aliphatic heterocycles. The van der Waals surface area contributed by atoms with Gasteiger partial charge in [-0.3, -0.25) is 9.55 Å². The summed E-state index contributed by atoms with van der Waals surface area (Å²) in [7, 11) is -3.00. The Balaban J connectivity index is 1.61. The molecule has 3 heterocycles. The van der Waals surface area contributed by atoms with Crippen LogP contribution in [0.1, 0.15) is 30.5 Å². The van der Waals surface area contributed by atoms with Gasteiger partial charge in [-0.05, 0) is 32.4 Å². The van der Waals surface area contributed by atoms with Crippen LogP contribution in [0.25, 0.3) is 10.9 Å². The van der Waals surface area contributed by atoms with Gasteiger partial charge in [-0.15, -0.1) is 0 Å². The van der Waals surface area contributed by atoms with Crippen LogP contribution in [-0.2, 0) is 9.09 Å². The van der Waals surface area contributed by atoms with Crippen LogP contribution in [0.2, 0.25) is 0 Å². The van der Waals surface area contributed by atoms with Gasteiger partial charge in [-0.2, -0.15) is 4.98 Å². The van der Waals surface area contributed by atoms with Gasteiger partial charge in [0, 0.05) is 11.5 Å². The van der Waals surface area contributed by atoms with E-state index in [2.05, 4.69) is 15.0 Å². The standard InChI is InChI=1S/C19H22N3O4P/c1-12-7-8-27(24,26-12)17(18-21-13(2)19(23)22-18)11-25-15-9-14-5-3-4-6-16(14)20-10-15/h3-6,9-10,12,17,23H,7-8,11H2,1-2H3,(H,21,22)/t12-,17?,27?/m1/s1. The number of hydrogen-bond acceptors (Lipinski definition) is 6. The number of hydrogen-bond donors (Lipinski definition) is 2. The quantitative estimate of drug-likeness (QED) is 0.638. The summed E-state index contributed by atoms with van der Waals surface area (Å²) >= 11 is 0. The number of rotatable bonds is 5. The molecule has 7 nitrogen and oxygen atoms in total. The molecular weight excluding hydrogens is 365 g/mol. The van der Waals surface area contributed by atoms with E-state index >= 15 is 0 Å². The van der Waals surface area contributed by atoms with Crippen molar-refractivity contribution >= 4 is 18.3 Å². The van der Waals surface area contributed by atoms with Gasteiger partial charge in [0.25, 0.3) is 0 Å². The first-order chi connectivity index (χ1) is 12.9. The SMILES string of the molecule is Cc1[nH]c(C(COc2cnc3ccccc3c2)P2(=O)CC[C@@H](C)O2)nc1O. The van der Waals surface area contributed by atoms with E-state index in [1.807, 2.05) is 37.3 Å². The van der Waals surface area contributed by atoms with Gasteiger partial charge < -0.3 is 19.4 Å². The molecule has 0 saturated carbocycles. The highest BCUT2D eigenvalue weighted by molar-refractivity contribution is 7.59. The number of imidazole rings is 1. The summed E-state index contributed by atoms with van der Waals surface area (Å²) in [6, 6.07) is 9.67. The molecule has 0 aliphatic carbocycles. The zero-order valence-corrected chi connectivity index (χ0v) is 16.1. The van der Waals surface area contributed by atoms with E-state index in [1.54, 1.807) is 13.1 Å². The Morgan fingerprint density at radius 2 is 2.26 bits per heavy atom. The highest BCUT2D eigenvalue weighted by Gasteiger charge is 2.43. The Kier molecular flexibility index (Phi) is 4.66. The highest BCUT2D eigenvalue weighted by atomic mass is 31.2. The highest BCUT2D eigenvalue weighted by Crippen LogP contribution is 2.64. The molecule has 3 aromatic rings. The molecule has 1 aliphatic rings. The Hall–Kier alpha value is -2.37. The van der Waals surface area contributed by atoms with Gasteiger partial charge in [0.05, 0.1) is 23.5 Å². The van der Waals surface area contributed by atoms with Crippen LogP contribution in [0.15, 0.2) is 36.5 Å². The van der Waals surface area contributed by atoms with Gasteiger partial charge >= 0.3 is 0 Å². The molecule has 1 aromatic carbocycles. The summed E-state index contributed by atoms with van der Waals surface area (Å²) in [4.78, 5) is 11.5. The first-order valence-corrected chi connectivity index (χ1v) is 10.8. The Morgan fingerprint density at radius 1 is 1.44 bits per heavy atom. The Labute approximate surface area is 157 Å². The molecule has 27 heavy (non-hydrogen) atoms. The van der Waals surface area contributed by atoms with Crippen LogP contribution in [0.3, 0.4) is 0 Å². The number of benzene rings is 1. The third-order valence-electron chi connectivity index (χ3n) is 4.85. The zero-order chi connectivity index (χ0) is 19.0. The van der Waals surface area contributed by atoms with Crippen molar-refractivity contribution in [2.45, 2.75) is 32.0 Å². The van der Waals surface area contributed by atoms with Crippen molar-refractivity contribution in [1.82, 2.24) is 15.0 Å². The van der Waals surface area contributed by atoms with Crippen molar-refractivity contribution in [3.63, 3.8) is 0 Å². The van der Waals surface area contributed by atoms with Crippen LogP contribution in [0.4, 0.5) is 0 Å². The number of aromatic nitrogens is 3. The monoisotopic (exact) mass is 387 g/mol. The minimum atomic E-state index is -3.00. The maximum Gasteiger partial charge on any atom is 0.232 e. The zero-order valence-electron chi connectivity index (χ0n) is 15.3. The molecular formula is C19H22N3O4P. The average molecular weight is 387 g/mol. The molecule has 4 rings (SSSR count). The number of para-hydroxylation sites is 1. The van der Waals surface area contributed by atoms with E-state index in [1.165, 1.54) is 0 Å². The first-order valence-electron chi connectivity index (χ1n) is 8.95. The van der Waals surface area contributed by atoms with E-state index in [-0.39, 0.29) is 18.6 Å². The number of H-pyrrole nitrogens is 1. The first kappa shape index (κ1) is 18.0. The van der Waals surface area contributed by atoms with E-state index in [4.69, 9.17) is 9.26 Å². The number of aromatic amines is 1. The van der Waals surface area contributed by atoms with Crippen molar-refractivity contribution in [2.24, 2.45) is 0 Å². The maximum atomic E-state index is 13.4. The molecule has 1 saturated heterocycles. The minimum Gasteiger partial charge on any atom is -0.492 e. The predicted octanol–water partition coefficient (Wildman–Crippen LogP) is 4.18. The molecule has 1 fully saturated rings. The lowest BCUT2D eigenvalue weighted by Gasteiger charge is -2.22. The number of nitrogens with zero attached hydrogens (tertiary/aromatic N) is 2. The lowest BCUT2D eigenvalue weighted by Crippen LogP contribution is -2.14. The largest absolute Gasteiger partial charge is 0.492 e. The third-order valence-corrected chi connectivity index (χ3v) is 7.79. The van der Waals surface area contributed by atoms with E-state index < -0.39 is 13.0 Å². The van der Waals surface area contributed by atoms with E-state index in [0.29, 0.717) is 23.4 Å². The molecule has 8 heteroatoms. The normalized spacial score (nSPS) is 23.6. The molecule has 2 unspecified atom stereocenters. The number of nitrogens with one attached hydrogen (secondary N) is 1. The summed E-state index contributed by atoms with van der Waals surface area (Å²) in [6.45, 7) is 3.75. The summed E-state index contributed by atoms with van der Waals surface area (Å²) in [5.41, 5.74) is 0.837. The van der Waals surface area contributed by atoms with Crippen LogP contribution < -0.4 is 4.74 Å². The van der Waals surface area contributed by atoms with Crippen LogP contribution >= 0.6 is 7.37 Å². The fourth-order valence-electron chi connectivity index (χ4n) is 3.32. The fraction of sp³-hybridized carbons (Fsp3) is 0.368. The van der Waals surface area contributed by atoms with E-state index in [0.717, 1.165) is 17.3 Å². The van der Waals surface area contributed by atoms with Gasteiger partial charge in [-0.1, -0.05) is 18.2 Å². The minimum absolute atomic E-state index is 0.0645. The van der Waals surface area contributed by atoms with Crippen molar-refractivity contribution < 1.29 is 18.9 Å². The molecule has 142 valence electrons. The molecule has 2 N–H and O–H groups in total. The molecule has 2 aromatic heterocycles.